The smallest absolute Gasteiger partial charge is 0.246 e. The van der Waals surface area contributed by atoms with Crippen molar-refractivity contribution in [2.24, 2.45) is 0 Å². The molecule has 8 nitrogen and oxygen atoms in total. The molecular formula is C22H22F2N4O4. The molecule has 1 unspecified atom stereocenters. The van der Waals surface area contributed by atoms with Crippen LogP contribution >= 0.6 is 0 Å². The molecule has 3 aromatic rings. The zero-order valence-corrected chi connectivity index (χ0v) is 17.5. The van der Waals surface area contributed by atoms with Crippen LogP contribution in [0.3, 0.4) is 0 Å². The number of aryl methyl sites for hydroxylation is 1. The largest absolute Gasteiger partial charge is 0.497 e. The van der Waals surface area contributed by atoms with E-state index in [2.05, 4.69) is 20.8 Å². The summed E-state index contributed by atoms with van der Waals surface area (Å²) in [5.74, 6) is -1.62. The first-order valence-corrected chi connectivity index (χ1v) is 9.84. The minimum Gasteiger partial charge on any atom is -0.497 e. The van der Waals surface area contributed by atoms with Gasteiger partial charge in [0, 0.05) is 25.5 Å². The van der Waals surface area contributed by atoms with Crippen LogP contribution in [-0.2, 0) is 16.0 Å². The summed E-state index contributed by atoms with van der Waals surface area (Å²) in [6, 6.07) is 9.07. The molecule has 0 bridgehead atoms. The highest BCUT2D eigenvalue weighted by Crippen LogP contribution is 2.20. The first kappa shape index (κ1) is 22.9. The summed E-state index contributed by atoms with van der Waals surface area (Å²) in [5.41, 5.74) is 0.899. The first-order valence-electron chi connectivity index (χ1n) is 9.84. The summed E-state index contributed by atoms with van der Waals surface area (Å²) >= 11 is 0. The number of halogens is 2. The number of carbonyl (C=O) groups excluding carboxylic acids is 2. The van der Waals surface area contributed by atoms with Crippen LogP contribution in [0.1, 0.15) is 30.3 Å². The topological polar surface area (TPSA) is 106 Å². The van der Waals surface area contributed by atoms with Crippen molar-refractivity contribution in [1.82, 2.24) is 20.8 Å². The van der Waals surface area contributed by atoms with Crippen LogP contribution < -0.4 is 15.4 Å². The van der Waals surface area contributed by atoms with Gasteiger partial charge in [-0.15, -0.1) is 0 Å². The maximum Gasteiger partial charge on any atom is 0.246 e. The van der Waals surface area contributed by atoms with Gasteiger partial charge in [-0.05, 0) is 48.4 Å². The van der Waals surface area contributed by atoms with E-state index in [1.165, 1.54) is 13.1 Å². The van der Waals surface area contributed by atoms with E-state index in [0.29, 0.717) is 30.3 Å². The van der Waals surface area contributed by atoms with Crippen molar-refractivity contribution >= 4 is 11.8 Å². The Morgan fingerprint density at radius 3 is 2.53 bits per heavy atom. The van der Waals surface area contributed by atoms with Crippen LogP contribution in [-0.4, -0.2) is 36.1 Å². The van der Waals surface area contributed by atoms with Crippen LogP contribution in [0.25, 0.3) is 11.4 Å². The molecule has 0 saturated heterocycles. The molecule has 0 aliphatic rings. The Hall–Kier alpha value is -3.82. The third kappa shape index (κ3) is 5.65. The first-order chi connectivity index (χ1) is 15.4. The average molecular weight is 444 g/mol. The molecule has 3 rings (SSSR count). The molecule has 0 aliphatic carbocycles. The van der Waals surface area contributed by atoms with Gasteiger partial charge in [0.25, 0.3) is 0 Å². The Morgan fingerprint density at radius 1 is 1.12 bits per heavy atom. The molecule has 1 atom stereocenters. The highest BCUT2D eigenvalue weighted by Gasteiger charge is 2.23. The van der Waals surface area contributed by atoms with Crippen LogP contribution in [0.5, 0.6) is 5.75 Å². The van der Waals surface area contributed by atoms with Gasteiger partial charge in [0.2, 0.25) is 23.5 Å². The van der Waals surface area contributed by atoms with Gasteiger partial charge in [0.1, 0.15) is 11.8 Å². The zero-order valence-electron chi connectivity index (χ0n) is 17.5. The predicted octanol–water partition coefficient (Wildman–Crippen LogP) is 2.95. The van der Waals surface area contributed by atoms with Gasteiger partial charge in [0.05, 0.1) is 7.11 Å². The lowest BCUT2D eigenvalue weighted by Gasteiger charge is -2.18. The minimum absolute atomic E-state index is 0.0669. The van der Waals surface area contributed by atoms with Crippen molar-refractivity contribution < 1.29 is 27.6 Å². The lowest BCUT2D eigenvalue weighted by Crippen LogP contribution is -2.39. The van der Waals surface area contributed by atoms with Gasteiger partial charge in [-0.25, -0.2) is 8.78 Å². The molecule has 10 heteroatoms. The van der Waals surface area contributed by atoms with Crippen molar-refractivity contribution in [1.29, 1.82) is 0 Å². The monoisotopic (exact) mass is 444 g/mol. The van der Waals surface area contributed by atoms with Crippen molar-refractivity contribution in [3.8, 4) is 17.1 Å². The number of hydrogen-bond donors (Lipinski definition) is 2. The Balaban J connectivity index is 1.56. The summed E-state index contributed by atoms with van der Waals surface area (Å²) in [6.07, 6.45) is 0.804. The molecule has 2 amide bonds. The fraction of sp³-hybridized carbons (Fsp3) is 0.273. The molecular weight excluding hydrogens is 422 g/mol. The maximum absolute atomic E-state index is 13.5. The molecule has 0 spiro atoms. The van der Waals surface area contributed by atoms with Crippen LogP contribution in [0.15, 0.2) is 47.0 Å². The van der Waals surface area contributed by atoms with E-state index in [-0.39, 0.29) is 12.0 Å². The second-order valence-electron chi connectivity index (χ2n) is 6.88. The Bertz CT molecular complexity index is 1090. The van der Waals surface area contributed by atoms with Crippen LogP contribution in [0.4, 0.5) is 8.78 Å². The van der Waals surface area contributed by atoms with E-state index >= 15 is 0 Å². The highest BCUT2D eigenvalue weighted by atomic mass is 19.2. The van der Waals surface area contributed by atoms with Gasteiger partial charge < -0.3 is 19.9 Å². The summed E-state index contributed by atoms with van der Waals surface area (Å²) in [5, 5.41) is 8.87. The number of likely N-dealkylation sites (N-methyl/N-ethyl adjacent to an activating group) is 1. The zero-order chi connectivity index (χ0) is 23.1. The molecule has 0 radical (unpaired) electrons. The lowest BCUT2D eigenvalue weighted by molar-refractivity contribution is -0.129. The SMILES string of the molecule is CNC(=O)C(NC(=O)CCCc1nc(-c2ccc(OC)cc2)no1)c1ccc(F)c(F)c1. The Labute approximate surface area is 183 Å². The van der Waals surface area contributed by atoms with E-state index in [0.717, 1.165) is 17.7 Å². The molecule has 2 aromatic carbocycles. The number of carbonyl (C=O) groups is 2. The summed E-state index contributed by atoms with van der Waals surface area (Å²) < 4.78 is 37.1. The molecule has 2 N–H and O–H groups in total. The van der Waals surface area contributed by atoms with Crippen LogP contribution in [0, 0.1) is 11.6 Å². The minimum atomic E-state index is -1.15. The average Bonchev–Trinajstić information content (AvgIpc) is 3.28. The fourth-order valence-corrected chi connectivity index (χ4v) is 2.98. The summed E-state index contributed by atoms with van der Waals surface area (Å²) in [4.78, 5) is 28.8. The third-order valence-corrected chi connectivity index (χ3v) is 4.70. The molecule has 0 fully saturated rings. The standard InChI is InChI=1S/C22H22F2N4O4/c1-25-22(30)20(14-8-11-16(23)17(24)12-14)26-18(29)4-3-5-19-27-21(28-32-19)13-6-9-15(31-2)10-7-13/h6-12,20H,3-5H2,1-2H3,(H,25,30)(H,26,29). The number of nitrogens with zero attached hydrogens (tertiary/aromatic N) is 2. The number of benzene rings is 2. The third-order valence-electron chi connectivity index (χ3n) is 4.70. The molecule has 32 heavy (non-hydrogen) atoms. The maximum atomic E-state index is 13.5. The van der Waals surface area contributed by atoms with Gasteiger partial charge in [0.15, 0.2) is 11.6 Å². The second-order valence-corrected chi connectivity index (χ2v) is 6.88. The van der Waals surface area contributed by atoms with Crippen molar-refractivity contribution in [3.63, 3.8) is 0 Å². The second kappa shape index (κ2) is 10.5. The Kier molecular flexibility index (Phi) is 7.48. The van der Waals surface area contributed by atoms with Gasteiger partial charge >= 0.3 is 0 Å². The number of methoxy groups -OCH3 is 1. The molecule has 168 valence electrons. The molecule has 0 aliphatic heterocycles. The number of ether oxygens (including phenoxy) is 1. The molecule has 1 heterocycles. The van der Waals surface area contributed by atoms with Gasteiger partial charge in [-0.2, -0.15) is 4.98 Å². The fourth-order valence-electron chi connectivity index (χ4n) is 2.98. The highest BCUT2D eigenvalue weighted by molar-refractivity contribution is 5.88. The normalized spacial score (nSPS) is 11.6. The number of rotatable bonds is 9. The summed E-state index contributed by atoms with van der Waals surface area (Å²) in [6.45, 7) is 0. The van der Waals surface area contributed by atoms with Crippen molar-refractivity contribution in [3.05, 3.63) is 65.6 Å². The van der Waals surface area contributed by atoms with E-state index in [4.69, 9.17) is 9.26 Å². The van der Waals surface area contributed by atoms with E-state index in [1.807, 2.05) is 0 Å². The van der Waals surface area contributed by atoms with E-state index in [1.54, 1.807) is 31.4 Å². The van der Waals surface area contributed by atoms with E-state index in [9.17, 15) is 18.4 Å². The summed E-state index contributed by atoms with van der Waals surface area (Å²) in [7, 11) is 2.96. The van der Waals surface area contributed by atoms with E-state index < -0.39 is 29.5 Å². The predicted molar refractivity (Wildman–Crippen MR) is 111 cm³/mol. The quantitative estimate of drug-likeness (QED) is 0.526. The van der Waals surface area contributed by atoms with Crippen LogP contribution in [0.2, 0.25) is 0 Å². The van der Waals surface area contributed by atoms with Crippen molar-refractivity contribution in [2.45, 2.75) is 25.3 Å². The number of aromatic nitrogens is 2. The van der Waals surface area contributed by atoms with Crippen molar-refractivity contribution in [2.75, 3.05) is 14.2 Å². The van der Waals surface area contributed by atoms with Gasteiger partial charge in [-0.3, -0.25) is 9.59 Å². The number of amides is 2. The Morgan fingerprint density at radius 2 is 1.88 bits per heavy atom. The number of hydrogen-bond acceptors (Lipinski definition) is 6. The van der Waals surface area contributed by atoms with Gasteiger partial charge in [-0.1, -0.05) is 11.2 Å². The molecule has 1 aromatic heterocycles. The number of nitrogens with one attached hydrogen (secondary N) is 2. The lowest BCUT2D eigenvalue weighted by atomic mass is 10.1. The molecule has 0 saturated carbocycles.